The lowest BCUT2D eigenvalue weighted by molar-refractivity contribution is -0.158. The Kier molecular flexibility index (Phi) is 20.3. The Labute approximate surface area is 375 Å². The van der Waals surface area contributed by atoms with Crippen LogP contribution < -0.4 is 15.4 Å². The summed E-state index contributed by atoms with van der Waals surface area (Å²) in [6, 6.07) is 3.41. The molecule has 0 saturated carbocycles. The molecular weight excluding hydrogens is 807 g/mol. The number of amides is 3. The third-order valence-corrected chi connectivity index (χ3v) is 12.3. The number of esters is 2. The van der Waals surface area contributed by atoms with E-state index in [2.05, 4.69) is 38.0 Å². The van der Waals surface area contributed by atoms with Crippen LogP contribution in [-0.4, -0.2) is 134 Å². The monoisotopic (exact) mass is 882 g/mol. The van der Waals surface area contributed by atoms with Gasteiger partial charge < -0.3 is 44.5 Å². The fraction of sp³-hybridized carbons (Fsp3) is 0.667. The van der Waals surface area contributed by atoms with Crippen molar-refractivity contribution in [2.75, 3.05) is 41.0 Å². The number of ether oxygens (including phenoxy) is 4. The number of nitrogens with one attached hydrogen (secondary N) is 2. The van der Waals surface area contributed by atoms with Crippen molar-refractivity contribution in [3.05, 3.63) is 54.1 Å². The van der Waals surface area contributed by atoms with Crippen molar-refractivity contribution in [2.24, 2.45) is 28.2 Å². The predicted molar refractivity (Wildman–Crippen MR) is 243 cm³/mol. The molecule has 63 heavy (non-hydrogen) atoms. The highest BCUT2D eigenvalue weighted by Crippen LogP contribution is 2.31. The van der Waals surface area contributed by atoms with Gasteiger partial charge in [0.15, 0.2) is 5.90 Å². The molecule has 0 unspecified atom stereocenters. The maximum atomic E-state index is 14.2. The number of rotatable bonds is 23. The van der Waals surface area contributed by atoms with Crippen molar-refractivity contribution in [2.45, 2.75) is 143 Å². The van der Waals surface area contributed by atoms with Crippen LogP contribution in [0, 0.1) is 23.2 Å². The maximum absolute atomic E-state index is 14.2. The van der Waals surface area contributed by atoms with Gasteiger partial charge in [-0.3, -0.25) is 19.2 Å². The zero-order chi connectivity index (χ0) is 47.2. The van der Waals surface area contributed by atoms with Crippen molar-refractivity contribution < 1.29 is 48.0 Å². The van der Waals surface area contributed by atoms with Crippen molar-refractivity contribution in [1.29, 1.82) is 0 Å². The Morgan fingerprint density at radius 3 is 2.29 bits per heavy atom. The fourth-order valence-electron chi connectivity index (χ4n) is 7.76. The zero-order valence-corrected chi connectivity index (χ0v) is 39.8. The first-order valence-corrected chi connectivity index (χ1v) is 22.4. The number of hydrogen-bond acceptors (Lipinski definition) is 12. The summed E-state index contributed by atoms with van der Waals surface area (Å²) in [5, 5.41) is 17.4. The molecule has 0 bridgehead atoms. The molecular formula is C48H75N5O10. The lowest BCUT2D eigenvalue weighted by atomic mass is 9.81. The summed E-state index contributed by atoms with van der Waals surface area (Å²) in [5.74, 6) is -1.86. The Hall–Kier alpha value is -4.76. The number of benzene rings is 1. The van der Waals surface area contributed by atoms with E-state index >= 15 is 0 Å². The Morgan fingerprint density at radius 2 is 1.71 bits per heavy atom. The number of aliphatic imine (C=N–C) groups is 1. The number of aliphatic hydroxyl groups is 1. The lowest BCUT2D eigenvalue weighted by Crippen LogP contribution is -2.57. The van der Waals surface area contributed by atoms with E-state index < -0.39 is 59.9 Å². The largest absolute Gasteiger partial charge is 0.497 e. The Morgan fingerprint density at radius 1 is 1.05 bits per heavy atom. The molecule has 0 spiro atoms. The average molecular weight is 882 g/mol. The van der Waals surface area contributed by atoms with Crippen LogP contribution in [0.15, 0.2) is 53.6 Å². The first kappa shape index (κ1) is 52.6. The van der Waals surface area contributed by atoms with Gasteiger partial charge in [0.25, 0.3) is 0 Å². The predicted octanol–water partition coefficient (Wildman–Crippen LogP) is 5.04. The molecule has 3 rings (SSSR count). The highest BCUT2D eigenvalue weighted by molar-refractivity contribution is 5.98. The average Bonchev–Trinajstić information content (AvgIpc) is 3.97. The van der Waals surface area contributed by atoms with E-state index in [9.17, 15) is 29.1 Å². The molecule has 15 nitrogen and oxygen atoms in total. The molecule has 1 fully saturated rings. The summed E-state index contributed by atoms with van der Waals surface area (Å²) in [5.41, 5.74) is 0.772. The van der Waals surface area contributed by atoms with Gasteiger partial charge in [-0.15, -0.1) is 0 Å². The molecule has 0 radical (unpaired) electrons. The molecule has 10 atom stereocenters. The van der Waals surface area contributed by atoms with Gasteiger partial charge in [0.05, 0.1) is 19.1 Å². The minimum atomic E-state index is -1.07. The van der Waals surface area contributed by atoms with Gasteiger partial charge in [0.1, 0.15) is 55.3 Å². The van der Waals surface area contributed by atoms with E-state index in [1.165, 1.54) is 30.0 Å². The number of methoxy groups -OCH3 is 1. The Balaban J connectivity index is 1.73. The number of hydrogen-bond donors (Lipinski definition) is 3. The summed E-state index contributed by atoms with van der Waals surface area (Å²) in [4.78, 5) is 75.1. The van der Waals surface area contributed by atoms with E-state index in [1.807, 2.05) is 27.7 Å². The smallest absolute Gasteiger partial charge is 0.329 e. The van der Waals surface area contributed by atoms with Gasteiger partial charge in [0.2, 0.25) is 17.7 Å². The van der Waals surface area contributed by atoms with Crippen molar-refractivity contribution >= 4 is 35.6 Å². The molecule has 2 aliphatic heterocycles. The molecule has 15 heteroatoms. The summed E-state index contributed by atoms with van der Waals surface area (Å²) in [7, 11) is 4.58. The lowest BCUT2D eigenvalue weighted by Gasteiger charge is -2.35. The summed E-state index contributed by atoms with van der Waals surface area (Å²) in [6.45, 7) is 21.6. The minimum absolute atomic E-state index is 0.00441. The van der Waals surface area contributed by atoms with Crippen LogP contribution in [0.4, 0.5) is 0 Å². The quantitative estimate of drug-likeness (QED) is 0.0761. The minimum Gasteiger partial charge on any atom is -0.497 e. The highest BCUT2D eigenvalue weighted by atomic mass is 16.5. The van der Waals surface area contributed by atoms with Gasteiger partial charge >= 0.3 is 11.9 Å². The van der Waals surface area contributed by atoms with Crippen LogP contribution in [-0.2, 0) is 44.6 Å². The second-order valence-electron chi connectivity index (χ2n) is 18.5. The number of carbonyl (C=O) groups is 5. The van der Waals surface area contributed by atoms with E-state index in [0.29, 0.717) is 36.5 Å². The molecule has 0 aliphatic carbocycles. The molecule has 0 aromatic heterocycles. The Bertz CT molecular complexity index is 1770. The fourth-order valence-corrected chi connectivity index (χ4v) is 7.76. The van der Waals surface area contributed by atoms with E-state index in [4.69, 9.17) is 23.9 Å². The van der Waals surface area contributed by atoms with Gasteiger partial charge in [-0.1, -0.05) is 79.7 Å². The molecule has 1 saturated heterocycles. The van der Waals surface area contributed by atoms with Gasteiger partial charge in [-0.05, 0) is 87.1 Å². The van der Waals surface area contributed by atoms with Crippen LogP contribution in [0.25, 0.3) is 0 Å². The molecule has 1 aromatic carbocycles. The van der Waals surface area contributed by atoms with Crippen molar-refractivity contribution in [3.8, 4) is 5.75 Å². The third kappa shape index (κ3) is 15.2. The number of aliphatic hydroxyl groups excluding tert-OH is 1. The normalized spacial score (nSPS) is 20.3. The van der Waals surface area contributed by atoms with E-state index in [1.54, 1.807) is 51.3 Å². The molecule has 2 aliphatic rings. The van der Waals surface area contributed by atoms with Crippen LogP contribution in [0.2, 0.25) is 0 Å². The highest BCUT2D eigenvalue weighted by Gasteiger charge is 2.38. The standard InChI is InChI=1S/C48H75N5O10/c1-14-23-61-47(59)41(30(4)15-2)53(12)44(56)33(7)52(11)45(57)38(27-34-18-20-36(60-13)21-19-34)51-42(55)31(5)26-35-28-62-43(50-35)32(6)39(54)24-29(3)25-40(48(8,9)10)63-46(58)37-17-16-22-49-37/h14,18-21,26,29-30,32-33,35,37-41,49,54H,1,15-17,22-25,27-28H2,2-13H3,(H,51,55)/b31-26+/t29-,30-,32-,33-,35-,37-,38-,39-,40-,41-/m0/s1. The van der Waals surface area contributed by atoms with Gasteiger partial charge in [0, 0.05) is 26.1 Å². The first-order valence-electron chi connectivity index (χ1n) is 22.4. The van der Waals surface area contributed by atoms with Crippen molar-refractivity contribution in [1.82, 2.24) is 20.4 Å². The van der Waals surface area contributed by atoms with E-state index in [0.717, 1.165) is 24.9 Å². The molecule has 2 heterocycles. The van der Waals surface area contributed by atoms with Crippen LogP contribution in [0.1, 0.15) is 100.0 Å². The van der Waals surface area contributed by atoms with Gasteiger partial charge in [-0.25, -0.2) is 9.79 Å². The number of nitrogens with zero attached hydrogens (tertiary/aromatic N) is 3. The van der Waals surface area contributed by atoms with Crippen molar-refractivity contribution in [3.63, 3.8) is 0 Å². The summed E-state index contributed by atoms with van der Waals surface area (Å²) >= 11 is 0. The SMILES string of the molecule is C=CCOC(=O)[C@H]([C@@H](C)CC)N(C)C(=O)[C@H](C)N(C)C(=O)[C@H](Cc1ccc(OC)cc1)NC(=O)/C(C)=C/[C@H]1COC([C@@H](C)[C@@H](O)C[C@H](C)C[C@H](OC(=O)[C@@H]2CCCN2)C(C)(C)C)=N1. The number of carbonyl (C=O) groups excluding carboxylic acids is 5. The second-order valence-corrected chi connectivity index (χ2v) is 18.5. The second kappa shape index (κ2) is 24.3. The third-order valence-electron chi connectivity index (χ3n) is 12.3. The topological polar surface area (TPSA) is 185 Å². The summed E-state index contributed by atoms with van der Waals surface area (Å²) < 4.78 is 22.6. The van der Waals surface area contributed by atoms with Crippen LogP contribution in [0.5, 0.6) is 5.75 Å². The van der Waals surface area contributed by atoms with Crippen LogP contribution >= 0.6 is 0 Å². The molecule has 1 aromatic rings. The van der Waals surface area contributed by atoms with Gasteiger partial charge in [-0.2, -0.15) is 0 Å². The maximum Gasteiger partial charge on any atom is 0.329 e. The molecule has 352 valence electrons. The number of likely N-dealkylation sites (N-methyl/N-ethyl adjacent to an activating group) is 2. The first-order chi connectivity index (χ1) is 29.6. The van der Waals surface area contributed by atoms with Crippen LogP contribution in [0.3, 0.4) is 0 Å². The van der Waals surface area contributed by atoms with E-state index in [-0.39, 0.29) is 55.0 Å². The summed E-state index contributed by atoms with van der Waals surface area (Å²) in [6.07, 6.45) is 5.51. The molecule has 3 N–H and O–H groups in total. The zero-order valence-electron chi connectivity index (χ0n) is 39.8. The molecule has 3 amide bonds.